The molecule has 0 aromatic heterocycles. The van der Waals surface area contributed by atoms with E-state index in [2.05, 4.69) is 36.1 Å². The Morgan fingerprint density at radius 1 is 1.04 bits per heavy atom. The summed E-state index contributed by atoms with van der Waals surface area (Å²) in [7, 11) is 1.70. The Morgan fingerprint density at radius 2 is 1.76 bits per heavy atom. The van der Waals surface area contributed by atoms with Crippen LogP contribution >= 0.6 is 0 Å². The van der Waals surface area contributed by atoms with Gasteiger partial charge in [-0.25, -0.2) is 0 Å². The average molecular weight is 343 g/mol. The number of aliphatic hydroxyl groups is 1. The summed E-state index contributed by atoms with van der Waals surface area (Å²) in [5, 5.41) is 10.4. The smallest absolute Gasteiger partial charge is 0.122 e. The molecule has 0 aliphatic heterocycles. The Labute approximate surface area is 151 Å². The van der Waals surface area contributed by atoms with Gasteiger partial charge in [-0.2, -0.15) is 0 Å². The fraction of sp³-hybridized carbons (Fsp3) is 0.429. The molecule has 1 N–H and O–H groups in total. The summed E-state index contributed by atoms with van der Waals surface area (Å²) < 4.78 is 11.0. The van der Waals surface area contributed by atoms with Crippen LogP contribution in [-0.2, 0) is 11.3 Å². The lowest BCUT2D eigenvalue weighted by atomic mass is 10.1. The number of hydrogen-bond donors (Lipinski definition) is 1. The summed E-state index contributed by atoms with van der Waals surface area (Å²) >= 11 is 0. The second-order valence-corrected chi connectivity index (χ2v) is 6.44. The predicted molar refractivity (Wildman–Crippen MR) is 101 cm³/mol. The summed E-state index contributed by atoms with van der Waals surface area (Å²) in [6, 6.07) is 16.3. The number of nitrogens with zero attached hydrogens (tertiary/aromatic N) is 1. The summed E-state index contributed by atoms with van der Waals surface area (Å²) in [5.74, 6) is 0.823. The van der Waals surface area contributed by atoms with Crippen molar-refractivity contribution < 1.29 is 14.6 Å². The van der Waals surface area contributed by atoms with Gasteiger partial charge in [-0.1, -0.05) is 48.0 Å². The first-order valence-electron chi connectivity index (χ1n) is 8.72. The lowest BCUT2D eigenvalue weighted by Gasteiger charge is -2.25. The van der Waals surface area contributed by atoms with Crippen molar-refractivity contribution in [1.82, 2.24) is 4.90 Å². The number of hydrogen-bond acceptors (Lipinski definition) is 4. The molecule has 0 saturated heterocycles. The van der Waals surface area contributed by atoms with Gasteiger partial charge in [0.05, 0.1) is 6.61 Å². The van der Waals surface area contributed by atoms with Crippen molar-refractivity contribution in [2.24, 2.45) is 0 Å². The molecule has 2 aromatic rings. The molecule has 0 aliphatic rings. The van der Waals surface area contributed by atoms with Crippen molar-refractivity contribution in [1.29, 1.82) is 0 Å². The maximum absolute atomic E-state index is 10.4. The first kappa shape index (κ1) is 19.4. The minimum absolute atomic E-state index is 0.280. The van der Waals surface area contributed by atoms with Gasteiger partial charge in [0.1, 0.15) is 18.5 Å². The van der Waals surface area contributed by atoms with Gasteiger partial charge in [0.25, 0.3) is 0 Å². The molecule has 0 saturated carbocycles. The summed E-state index contributed by atoms with van der Waals surface area (Å²) in [5.41, 5.74) is 3.55. The second kappa shape index (κ2) is 10.2. The maximum atomic E-state index is 10.4. The highest BCUT2D eigenvalue weighted by atomic mass is 16.5. The molecule has 25 heavy (non-hydrogen) atoms. The maximum Gasteiger partial charge on any atom is 0.122 e. The van der Waals surface area contributed by atoms with E-state index in [1.807, 2.05) is 31.2 Å². The largest absolute Gasteiger partial charge is 0.491 e. The normalized spacial score (nSPS) is 12.4. The summed E-state index contributed by atoms with van der Waals surface area (Å²) in [4.78, 5) is 2.19. The third kappa shape index (κ3) is 6.86. The van der Waals surface area contributed by atoms with Crippen LogP contribution in [0.25, 0.3) is 0 Å². The highest BCUT2D eigenvalue weighted by Crippen LogP contribution is 2.16. The molecule has 0 aliphatic carbocycles. The molecule has 0 radical (unpaired) electrons. The molecule has 136 valence electrons. The highest BCUT2D eigenvalue weighted by molar-refractivity contribution is 5.31. The fourth-order valence-electron chi connectivity index (χ4n) is 2.66. The van der Waals surface area contributed by atoms with Gasteiger partial charge < -0.3 is 14.6 Å². The molecule has 4 heteroatoms. The molecule has 0 amide bonds. The van der Waals surface area contributed by atoms with E-state index in [0.29, 0.717) is 13.2 Å². The number of benzene rings is 2. The number of aliphatic hydroxyl groups excluding tert-OH is 1. The topological polar surface area (TPSA) is 41.9 Å². The lowest BCUT2D eigenvalue weighted by Crippen LogP contribution is -2.37. The number of methoxy groups -OCH3 is 1. The van der Waals surface area contributed by atoms with Crippen molar-refractivity contribution in [3.63, 3.8) is 0 Å². The molecule has 0 fully saturated rings. The van der Waals surface area contributed by atoms with Gasteiger partial charge in [0.15, 0.2) is 0 Å². The fourth-order valence-corrected chi connectivity index (χ4v) is 2.66. The van der Waals surface area contributed by atoms with Crippen LogP contribution in [0.5, 0.6) is 5.75 Å². The van der Waals surface area contributed by atoms with Gasteiger partial charge in [-0.05, 0) is 31.0 Å². The zero-order valence-electron chi connectivity index (χ0n) is 15.4. The number of para-hydroxylation sites is 1. The number of ether oxygens (including phenoxy) is 2. The highest BCUT2D eigenvalue weighted by Gasteiger charge is 2.13. The Kier molecular flexibility index (Phi) is 7.92. The van der Waals surface area contributed by atoms with Crippen LogP contribution < -0.4 is 4.74 Å². The van der Waals surface area contributed by atoms with Gasteiger partial charge in [-0.3, -0.25) is 4.90 Å². The van der Waals surface area contributed by atoms with Crippen LogP contribution in [0.3, 0.4) is 0 Å². The van der Waals surface area contributed by atoms with E-state index >= 15 is 0 Å². The third-order valence-electron chi connectivity index (χ3n) is 4.13. The van der Waals surface area contributed by atoms with Crippen LogP contribution in [0, 0.1) is 13.8 Å². The lowest BCUT2D eigenvalue weighted by molar-refractivity contribution is 0.0540. The van der Waals surface area contributed by atoms with Crippen molar-refractivity contribution >= 4 is 0 Å². The van der Waals surface area contributed by atoms with Crippen molar-refractivity contribution in [2.75, 3.05) is 33.4 Å². The van der Waals surface area contributed by atoms with E-state index in [1.54, 1.807) is 7.11 Å². The molecule has 1 atom stereocenters. The summed E-state index contributed by atoms with van der Waals surface area (Å²) in [6.07, 6.45) is -0.554. The van der Waals surface area contributed by atoms with Crippen LogP contribution in [-0.4, -0.2) is 49.5 Å². The van der Waals surface area contributed by atoms with E-state index < -0.39 is 6.10 Å². The Hall–Kier alpha value is -1.88. The summed E-state index contributed by atoms with van der Waals surface area (Å²) in [6.45, 7) is 7.10. The van der Waals surface area contributed by atoms with Crippen LogP contribution in [0.1, 0.15) is 16.7 Å². The zero-order valence-corrected chi connectivity index (χ0v) is 15.4. The van der Waals surface area contributed by atoms with Gasteiger partial charge >= 0.3 is 0 Å². The standard InChI is InChI=1S/C21H29NO3/c1-17-8-10-19(11-9-17)14-22(12-13-24-3)15-20(23)16-25-21-7-5-4-6-18(21)2/h4-11,20,23H,12-16H2,1-3H3/t20-/m0/s1. The molecular weight excluding hydrogens is 314 g/mol. The van der Waals surface area contributed by atoms with E-state index in [4.69, 9.17) is 9.47 Å². The van der Waals surface area contributed by atoms with E-state index in [1.165, 1.54) is 11.1 Å². The van der Waals surface area contributed by atoms with E-state index in [0.717, 1.165) is 24.4 Å². The molecule has 4 nitrogen and oxygen atoms in total. The molecule has 0 bridgehead atoms. The minimum Gasteiger partial charge on any atom is -0.491 e. The first-order chi connectivity index (χ1) is 12.1. The minimum atomic E-state index is -0.554. The Bertz CT molecular complexity index is 627. The van der Waals surface area contributed by atoms with Crippen molar-refractivity contribution in [3.8, 4) is 5.75 Å². The van der Waals surface area contributed by atoms with Crippen molar-refractivity contribution in [2.45, 2.75) is 26.5 Å². The Morgan fingerprint density at radius 3 is 2.44 bits per heavy atom. The van der Waals surface area contributed by atoms with Crippen molar-refractivity contribution in [3.05, 3.63) is 65.2 Å². The van der Waals surface area contributed by atoms with Crippen LogP contribution in [0.15, 0.2) is 48.5 Å². The number of rotatable bonds is 10. The Balaban J connectivity index is 1.88. The monoisotopic (exact) mass is 343 g/mol. The molecule has 0 heterocycles. The molecule has 2 rings (SSSR count). The van der Waals surface area contributed by atoms with Crippen LogP contribution in [0.4, 0.5) is 0 Å². The SMILES string of the molecule is COCCN(Cc1ccc(C)cc1)C[C@H](O)COc1ccccc1C. The third-order valence-corrected chi connectivity index (χ3v) is 4.13. The molecule has 2 aromatic carbocycles. The van der Waals surface area contributed by atoms with E-state index in [-0.39, 0.29) is 6.61 Å². The van der Waals surface area contributed by atoms with E-state index in [9.17, 15) is 5.11 Å². The molecule has 0 unspecified atom stereocenters. The zero-order chi connectivity index (χ0) is 18.1. The number of aryl methyl sites for hydroxylation is 2. The predicted octanol–water partition coefficient (Wildman–Crippen LogP) is 3.19. The second-order valence-electron chi connectivity index (χ2n) is 6.44. The quantitative estimate of drug-likeness (QED) is 0.719. The average Bonchev–Trinajstić information content (AvgIpc) is 2.61. The van der Waals surface area contributed by atoms with Crippen LogP contribution in [0.2, 0.25) is 0 Å². The molecule has 0 spiro atoms. The van der Waals surface area contributed by atoms with Gasteiger partial charge in [-0.15, -0.1) is 0 Å². The van der Waals surface area contributed by atoms with Gasteiger partial charge in [0.2, 0.25) is 0 Å². The molecular formula is C21H29NO3. The van der Waals surface area contributed by atoms with Gasteiger partial charge in [0, 0.05) is 26.7 Å². The first-order valence-corrected chi connectivity index (χ1v) is 8.72.